The average Bonchev–Trinajstić information content (AvgIpc) is 3.50. The standard InChI is InChI=1S/C28H31N5O4S.2C2HF3O2/c1-30-21-7-3-2-6-20(21)25-23(27(30)34)24(37-19-16-31-14-17-36-18-15-31)26(38-25)28(35)33-12-10-32(11-13-33)22-8-4-5-9-29-22;2*3-2(4,5)1(6)7/h2-9H,10-19H2,1H3;2*(H,6,7). The molecule has 282 valence electrons. The largest absolute Gasteiger partial charge is 0.490 e. The van der Waals surface area contributed by atoms with Crippen molar-refractivity contribution in [2.24, 2.45) is 7.05 Å². The fraction of sp³-hybridized carbons (Fsp3) is 0.406. The van der Waals surface area contributed by atoms with Gasteiger partial charge >= 0.3 is 24.3 Å². The van der Waals surface area contributed by atoms with Crippen LogP contribution in [0.5, 0.6) is 5.75 Å². The Morgan fingerprint density at radius 2 is 1.46 bits per heavy atom. The number of carboxylic acid groups (broad SMARTS) is 2. The van der Waals surface area contributed by atoms with Crippen LogP contribution < -0.4 is 15.2 Å². The molecule has 0 saturated carbocycles. The Bertz CT molecular complexity index is 1900. The molecular formula is C32H33F6N5O8S. The van der Waals surface area contributed by atoms with Crippen molar-refractivity contribution >= 4 is 56.0 Å². The third kappa shape index (κ3) is 9.88. The first-order chi connectivity index (χ1) is 24.5. The lowest BCUT2D eigenvalue weighted by atomic mass is 10.1. The van der Waals surface area contributed by atoms with E-state index in [0.29, 0.717) is 68.6 Å². The first-order valence-electron chi connectivity index (χ1n) is 15.5. The van der Waals surface area contributed by atoms with Gasteiger partial charge < -0.3 is 34.1 Å². The molecule has 5 heterocycles. The van der Waals surface area contributed by atoms with Gasteiger partial charge in [-0.05, 0) is 18.2 Å². The number of thiophene rings is 1. The minimum Gasteiger partial charge on any atom is -0.490 e. The van der Waals surface area contributed by atoms with E-state index in [1.165, 1.54) is 11.3 Å². The normalized spacial score (nSPS) is 15.4. The molecule has 0 aliphatic carbocycles. The molecule has 1 amide bonds. The number of carbonyl (C=O) groups is 3. The Kier molecular flexibility index (Phi) is 13.1. The Balaban J connectivity index is 0.000000367. The van der Waals surface area contributed by atoms with Crippen molar-refractivity contribution in [1.29, 1.82) is 0 Å². The highest BCUT2D eigenvalue weighted by Crippen LogP contribution is 2.40. The number of fused-ring (bicyclic) bond motifs is 3. The summed E-state index contributed by atoms with van der Waals surface area (Å²) in [6.45, 7) is 6.80. The Hall–Kier alpha value is -4.95. The van der Waals surface area contributed by atoms with E-state index in [1.54, 1.807) is 17.8 Å². The fourth-order valence-electron chi connectivity index (χ4n) is 5.24. The number of piperazine rings is 1. The predicted molar refractivity (Wildman–Crippen MR) is 177 cm³/mol. The number of hydrogen-bond donors (Lipinski definition) is 2. The molecule has 3 aromatic heterocycles. The van der Waals surface area contributed by atoms with Crippen LogP contribution in [0.15, 0.2) is 53.5 Å². The molecule has 0 spiro atoms. The lowest BCUT2D eigenvalue weighted by Gasteiger charge is -2.35. The molecule has 13 nitrogen and oxygen atoms in total. The number of nitrogens with zero attached hydrogens (tertiary/aromatic N) is 5. The lowest BCUT2D eigenvalue weighted by molar-refractivity contribution is -0.193. The van der Waals surface area contributed by atoms with Crippen LogP contribution in [0.3, 0.4) is 0 Å². The topological polar surface area (TPSA) is 155 Å². The molecule has 6 rings (SSSR count). The molecule has 1 aromatic carbocycles. The number of carbonyl (C=O) groups excluding carboxylic acids is 1. The zero-order chi connectivity index (χ0) is 38.2. The highest BCUT2D eigenvalue weighted by Gasteiger charge is 2.39. The second-order valence-electron chi connectivity index (χ2n) is 11.2. The number of alkyl halides is 6. The van der Waals surface area contributed by atoms with Gasteiger partial charge in [0.1, 0.15) is 22.7 Å². The van der Waals surface area contributed by atoms with Gasteiger partial charge in [-0.25, -0.2) is 14.6 Å². The number of benzene rings is 1. The Morgan fingerprint density at radius 3 is 2.02 bits per heavy atom. The number of aliphatic carboxylic acids is 2. The molecule has 0 unspecified atom stereocenters. The van der Waals surface area contributed by atoms with Crippen molar-refractivity contribution in [1.82, 2.24) is 19.4 Å². The third-order valence-corrected chi connectivity index (χ3v) is 9.06. The van der Waals surface area contributed by atoms with E-state index in [4.69, 9.17) is 29.3 Å². The predicted octanol–water partition coefficient (Wildman–Crippen LogP) is 4.09. The van der Waals surface area contributed by atoms with Crippen LogP contribution in [0.25, 0.3) is 21.0 Å². The molecule has 2 N–H and O–H groups in total. The van der Waals surface area contributed by atoms with E-state index in [9.17, 15) is 35.9 Å². The van der Waals surface area contributed by atoms with Gasteiger partial charge in [-0.2, -0.15) is 26.3 Å². The molecule has 20 heteroatoms. The minimum absolute atomic E-state index is 0.0839. The van der Waals surface area contributed by atoms with Gasteiger partial charge in [-0.15, -0.1) is 11.3 Å². The third-order valence-electron chi connectivity index (χ3n) is 7.87. The summed E-state index contributed by atoms with van der Waals surface area (Å²) in [7, 11) is 1.78. The van der Waals surface area contributed by atoms with Crippen molar-refractivity contribution < 1.29 is 60.4 Å². The molecular weight excluding hydrogens is 728 g/mol. The van der Waals surface area contributed by atoms with Crippen molar-refractivity contribution in [3.63, 3.8) is 0 Å². The number of rotatable bonds is 6. The summed E-state index contributed by atoms with van der Waals surface area (Å²) >= 11 is 1.37. The van der Waals surface area contributed by atoms with Gasteiger partial charge in [0, 0.05) is 64.4 Å². The van der Waals surface area contributed by atoms with Gasteiger partial charge in [0.2, 0.25) is 0 Å². The minimum atomic E-state index is -5.08. The van der Waals surface area contributed by atoms with Crippen molar-refractivity contribution in [3.8, 4) is 5.75 Å². The van der Waals surface area contributed by atoms with Gasteiger partial charge in [-0.3, -0.25) is 14.5 Å². The van der Waals surface area contributed by atoms with Crippen molar-refractivity contribution in [3.05, 3.63) is 63.9 Å². The molecule has 0 atom stereocenters. The number of amides is 1. The van der Waals surface area contributed by atoms with E-state index in [1.807, 2.05) is 47.4 Å². The average molecular weight is 762 g/mol. The number of anilines is 1. The van der Waals surface area contributed by atoms with Gasteiger partial charge in [0.05, 0.1) is 23.4 Å². The van der Waals surface area contributed by atoms with Crippen LogP contribution in [0.4, 0.5) is 32.2 Å². The molecule has 2 saturated heterocycles. The number of morpholine rings is 1. The number of carboxylic acids is 2. The van der Waals surface area contributed by atoms with Crippen molar-refractivity contribution in [2.75, 3.05) is 70.5 Å². The number of ether oxygens (including phenoxy) is 2. The summed E-state index contributed by atoms with van der Waals surface area (Å²) in [5.41, 5.74) is 0.699. The van der Waals surface area contributed by atoms with Crippen LogP contribution >= 0.6 is 11.3 Å². The first-order valence-corrected chi connectivity index (χ1v) is 16.3. The first kappa shape index (κ1) is 39.8. The highest BCUT2D eigenvalue weighted by molar-refractivity contribution is 7.22. The van der Waals surface area contributed by atoms with E-state index in [2.05, 4.69) is 14.8 Å². The number of halogens is 6. The molecule has 2 aliphatic rings. The maximum atomic E-state index is 13.9. The fourth-order valence-corrected chi connectivity index (χ4v) is 6.48. The summed E-state index contributed by atoms with van der Waals surface area (Å²) in [6.07, 6.45) is -8.38. The maximum absolute atomic E-state index is 13.9. The summed E-state index contributed by atoms with van der Waals surface area (Å²) in [6, 6.07) is 13.7. The number of aromatic nitrogens is 2. The van der Waals surface area contributed by atoms with Gasteiger partial charge in [0.15, 0.2) is 5.75 Å². The van der Waals surface area contributed by atoms with E-state index in [0.717, 1.165) is 34.5 Å². The molecule has 2 aliphatic heterocycles. The van der Waals surface area contributed by atoms with Crippen LogP contribution in [-0.2, 0) is 21.4 Å². The highest BCUT2D eigenvalue weighted by atomic mass is 32.1. The Labute approximate surface area is 295 Å². The van der Waals surface area contributed by atoms with Crippen molar-refractivity contribution in [2.45, 2.75) is 12.4 Å². The Morgan fingerprint density at radius 1 is 0.885 bits per heavy atom. The summed E-state index contributed by atoms with van der Waals surface area (Å²) in [5.74, 6) is -4.26. The van der Waals surface area contributed by atoms with Crippen LogP contribution in [0.1, 0.15) is 9.67 Å². The smallest absolute Gasteiger partial charge is 0.490 e. The van der Waals surface area contributed by atoms with Crippen LogP contribution in [0.2, 0.25) is 0 Å². The van der Waals surface area contributed by atoms with Gasteiger partial charge in [-0.1, -0.05) is 24.3 Å². The number of para-hydroxylation sites is 1. The monoisotopic (exact) mass is 761 g/mol. The molecule has 0 radical (unpaired) electrons. The quantitative estimate of drug-likeness (QED) is 0.273. The second-order valence-corrected chi connectivity index (χ2v) is 12.2. The molecule has 2 fully saturated rings. The van der Waals surface area contributed by atoms with E-state index >= 15 is 0 Å². The SMILES string of the molecule is Cn1c(=O)c2c(OCCN3CCOCC3)c(C(=O)N3CCN(c4ccccn4)CC3)sc2c2ccccc21.O=C(O)C(F)(F)F.O=C(O)C(F)(F)F. The lowest BCUT2D eigenvalue weighted by Crippen LogP contribution is -2.49. The molecule has 4 aromatic rings. The van der Waals surface area contributed by atoms with Crippen LogP contribution in [0, 0.1) is 0 Å². The number of aryl methyl sites for hydroxylation is 1. The van der Waals surface area contributed by atoms with E-state index in [-0.39, 0.29) is 11.5 Å². The zero-order valence-electron chi connectivity index (χ0n) is 27.4. The number of pyridine rings is 2. The maximum Gasteiger partial charge on any atom is 0.490 e. The number of hydrogen-bond acceptors (Lipinski definition) is 10. The summed E-state index contributed by atoms with van der Waals surface area (Å²) in [5, 5.41) is 15.7. The zero-order valence-corrected chi connectivity index (χ0v) is 28.3. The van der Waals surface area contributed by atoms with Gasteiger partial charge in [0.25, 0.3) is 11.5 Å². The van der Waals surface area contributed by atoms with Crippen LogP contribution in [-0.4, -0.2) is 125 Å². The summed E-state index contributed by atoms with van der Waals surface area (Å²) < 4.78 is 77.7. The molecule has 52 heavy (non-hydrogen) atoms. The second kappa shape index (κ2) is 17.0. The molecule has 0 bridgehead atoms. The van der Waals surface area contributed by atoms with E-state index < -0.39 is 24.3 Å². The summed E-state index contributed by atoms with van der Waals surface area (Å²) in [4.78, 5) is 56.6.